The highest BCUT2D eigenvalue weighted by atomic mass is 79.9. The van der Waals surface area contributed by atoms with Crippen LogP contribution in [0.1, 0.15) is 23.1 Å². The van der Waals surface area contributed by atoms with Crippen molar-refractivity contribution in [1.29, 1.82) is 0 Å². The van der Waals surface area contributed by atoms with Crippen molar-refractivity contribution in [3.8, 4) is 0 Å². The van der Waals surface area contributed by atoms with Gasteiger partial charge in [0.25, 0.3) is 0 Å². The SMILES string of the molecule is Cc1c(Br)ccc2c1CC[C@H](N)C2. The van der Waals surface area contributed by atoms with E-state index in [1.807, 2.05) is 0 Å². The molecule has 1 aromatic rings. The van der Waals surface area contributed by atoms with Crippen LogP contribution in [0.2, 0.25) is 0 Å². The number of fused-ring (bicyclic) bond motifs is 1. The molecule has 0 fully saturated rings. The van der Waals surface area contributed by atoms with Crippen LogP contribution in [0.15, 0.2) is 16.6 Å². The van der Waals surface area contributed by atoms with Crippen molar-refractivity contribution in [2.75, 3.05) is 0 Å². The van der Waals surface area contributed by atoms with Gasteiger partial charge in [-0.15, -0.1) is 0 Å². The Labute approximate surface area is 87.5 Å². The molecular formula is C11H14BrN. The lowest BCUT2D eigenvalue weighted by atomic mass is 9.86. The number of rotatable bonds is 0. The Morgan fingerprint density at radius 1 is 1.46 bits per heavy atom. The molecule has 13 heavy (non-hydrogen) atoms. The molecule has 0 bridgehead atoms. The van der Waals surface area contributed by atoms with Crippen LogP contribution < -0.4 is 5.73 Å². The normalized spacial score (nSPS) is 21.3. The van der Waals surface area contributed by atoms with Crippen LogP contribution in [0.25, 0.3) is 0 Å². The molecule has 0 aliphatic heterocycles. The molecule has 1 aliphatic carbocycles. The molecule has 70 valence electrons. The molecule has 0 heterocycles. The van der Waals surface area contributed by atoms with Crippen LogP contribution in [-0.2, 0) is 12.8 Å². The maximum atomic E-state index is 5.93. The van der Waals surface area contributed by atoms with Gasteiger partial charge in [0, 0.05) is 10.5 Å². The third-order valence-corrected chi connectivity index (χ3v) is 3.74. The van der Waals surface area contributed by atoms with Crippen molar-refractivity contribution in [2.24, 2.45) is 5.73 Å². The van der Waals surface area contributed by atoms with E-state index in [2.05, 4.69) is 35.0 Å². The number of benzene rings is 1. The maximum absolute atomic E-state index is 5.93. The molecule has 1 atom stereocenters. The average molecular weight is 240 g/mol. The Kier molecular flexibility index (Phi) is 2.43. The summed E-state index contributed by atoms with van der Waals surface area (Å²) in [5.74, 6) is 0. The highest BCUT2D eigenvalue weighted by molar-refractivity contribution is 9.10. The molecule has 0 spiro atoms. The standard InChI is InChI=1S/C11H14BrN/c1-7-10-4-3-9(13)6-8(10)2-5-11(7)12/h2,5,9H,3-4,6,13H2,1H3/t9-/m0/s1. The summed E-state index contributed by atoms with van der Waals surface area (Å²) >= 11 is 3.56. The third kappa shape index (κ3) is 1.65. The van der Waals surface area contributed by atoms with Gasteiger partial charge in [-0.2, -0.15) is 0 Å². The van der Waals surface area contributed by atoms with Gasteiger partial charge in [0.15, 0.2) is 0 Å². The molecule has 0 aromatic heterocycles. The minimum Gasteiger partial charge on any atom is -0.327 e. The second-order valence-electron chi connectivity index (χ2n) is 3.81. The maximum Gasteiger partial charge on any atom is 0.0207 e. The monoisotopic (exact) mass is 239 g/mol. The molecule has 1 nitrogen and oxygen atoms in total. The molecule has 2 rings (SSSR count). The topological polar surface area (TPSA) is 26.0 Å². The summed E-state index contributed by atoms with van der Waals surface area (Å²) in [6.45, 7) is 2.18. The van der Waals surface area contributed by atoms with Crippen LogP contribution in [0.3, 0.4) is 0 Å². The molecule has 2 N–H and O–H groups in total. The quantitative estimate of drug-likeness (QED) is 0.741. The summed E-state index contributed by atoms with van der Waals surface area (Å²) in [6, 6.07) is 4.70. The molecule has 1 aliphatic rings. The Bertz CT molecular complexity index is 333. The molecule has 0 unspecified atom stereocenters. The first-order valence-corrected chi connectivity index (χ1v) is 5.50. The van der Waals surface area contributed by atoms with Crippen LogP contribution in [0.5, 0.6) is 0 Å². The summed E-state index contributed by atoms with van der Waals surface area (Å²) in [4.78, 5) is 0. The number of nitrogens with two attached hydrogens (primary N) is 1. The van der Waals surface area contributed by atoms with E-state index in [9.17, 15) is 0 Å². The van der Waals surface area contributed by atoms with Crippen molar-refractivity contribution in [2.45, 2.75) is 32.2 Å². The molecule has 2 heteroatoms. The van der Waals surface area contributed by atoms with Crippen molar-refractivity contribution in [3.05, 3.63) is 33.3 Å². The largest absolute Gasteiger partial charge is 0.327 e. The fourth-order valence-electron chi connectivity index (χ4n) is 2.04. The highest BCUT2D eigenvalue weighted by Crippen LogP contribution is 2.28. The van der Waals surface area contributed by atoms with E-state index >= 15 is 0 Å². The first-order chi connectivity index (χ1) is 6.18. The Morgan fingerprint density at radius 3 is 3.00 bits per heavy atom. The predicted molar refractivity (Wildman–Crippen MR) is 58.9 cm³/mol. The average Bonchev–Trinajstić information content (AvgIpc) is 2.12. The molecule has 1 aromatic carbocycles. The van der Waals surface area contributed by atoms with Gasteiger partial charge in [-0.05, 0) is 48.9 Å². The van der Waals surface area contributed by atoms with Gasteiger partial charge in [-0.25, -0.2) is 0 Å². The fraction of sp³-hybridized carbons (Fsp3) is 0.455. The van der Waals surface area contributed by atoms with E-state index in [0.29, 0.717) is 6.04 Å². The number of halogens is 1. The van der Waals surface area contributed by atoms with Gasteiger partial charge in [0.05, 0.1) is 0 Å². The number of hydrogen-bond donors (Lipinski definition) is 1. The minimum atomic E-state index is 0.369. The molecule has 0 saturated carbocycles. The van der Waals surface area contributed by atoms with E-state index in [1.165, 1.54) is 21.2 Å². The number of hydrogen-bond acceptors (Lipinski definition) is 1. The van der Waals surface area contributed by atoms with E-state index < -0.39 is 0 Å². The van der Waals surface area contributed by atoms with Crippen LogP contribution in [0.4, 0.5) is 0 Å². The van der Waals surface area contributed by atoms with E-state index in [1.54, 1.807) is 0 Å². The van der Waals surface area contributed by atoms with E-state index in [0.717, 1.165) is 19.3 Å². The van der Waals surface area contributed by atoms with Crippen molar-refractivity contribution < 1.29 is 0 Å². The third-order valence-electron chi connectivity index (χ3n) is 2.88. The Balaban J connectivity index is 2.47. The van der Waals surface area contributed by atoms with Gasteiger partial charge in [0.2, 0.25) is 0 Å². The lowest BCUT2D eigenvalue weighted by molar-refractivity contribution is 0.574. The molecule has 0 amide bonds. The molecule has 0 radical (unpaired) electrons. The van der Waals surface area contributed by atoms with Crippen LogP contribution in [0, 0.1) is 6.92 Å². The van der Waals surface area contributed by atoms with Gasteiger partial charge < -0.3 is 5.73 Å². The zero-order valence-corrected chi connectivity index (χ0v) is 9.39. The molecule has 0 saturated heterocycles. The van der Waals surface area contributed by atoms with Crippen molar-refractivity contribution in [3.63, 3.8) is 0 Å². The fourth-order valence-corrected chi connectivity index (χ4v) is 2.41. The summed E-state index contributed by atoms with van der Waals surface area (Å²) in [5.41, 5.74) is 10.3. The summed E-state index contributed by atoms with van der Waals surface area (Å²) < 4.78 is 1.22. The predicted octanol–water partition coefficient (Wildman–Crippen LogP) is 2.57. The minimum absolute atomic E-state index is 0.369. The van der Waals surface area contributed by atoms with Gasteiger partial charge in [0.1, 0.15) is 0 Å². The van der Waals surface area contributed by atoms with Crippen LogP contribution >= 0.6 is 15.9 Å². The Hall–Kier alpha value is -0.340. The zero-order chi connectivity index (χ0) is 9.42. The van der Waals surface area contributed by atoms with Crippen molar-refractivity contribution in [1.82, 2.24) is 0 Å². The van der Waals surface area contributed by atoms with Crippen LogP contribution in [-0.4, -0.2) is 6.04 Å². The summed E-state index contributed by atoms with van der Waals surface area (Å²) in [5, 5.41) is 0. The lowest BCUT2D eigenvalue weighted by Gasteiger charge is -2.23. The lowest BCUT2D eigenvalue weighted by Crippen LogP contribution is -2.28. The second kappa shape index (κ2) is 3.43. The first kappa shape index (κ1) is 9.22. The smallest absolute Gasteiger partial charge is 0.0207 e. The van der Waals surface area contributed by atoms with Gasteiger partial charge >= 0.3 is 0 Å². The first-order valence-electron chi connectivity index (χ1n) is 4.71. The summed E-state index contributed by atoms with van der Waals surface area (Å²) in [6.07, 6.45) is 3.32. The highest BCUT2D eigenvalue weighted by Gasteiger charge is 2.17. The van der Waals surface area contributed by atoms with E-state index in [-0.39, 0.29) is 0 Å². The second-order valence-corrected chi connectivity index (χ2v) is 4.67. The Morgan fingerprint density at radius 2 is 2.23 bits per heavy atom. The van der Waals surface area contributed by atoms with Crippen molar-refractivity contribution >= 4 is 15.9 Å². The zero-order valence-electron chi connectivity index (χ0n) is 7.81. The summed E-state index contributed by atoms with van der Waals surface area (Å²) in [7, 11) is 0. The van der Waals surface area contributed by atoms with Gasteiger partial charge in [-0.3, -0.25) is 0 Å². The van der Waals surface area contributed by atoms with Gasteiger partial charge in [-0.1, -0.05) is 22.0 Å². The van der Waals surface area contributed by atoms with E-state index in [4.69, 9.17) is 5.73 Å². The molecular weight excluding hydrogens is 226 g/mol.